The van der Waals surface area contributed by atoms with Crippen molar-refractivity contribution in [2.75, 3.05) is 24.3 Å². The molecule has 0 bridgehead atoms. The van der Waals surface area contributed by atoms with Crippen LogP contribution in [0, 0.1) is 11.8 Å². The van der Waals surface area contributed by atoms with Gasteiger partial charge in [-0.1, -0.05) is 42.2 Å². The Morgan fingerprint density at radius 1 is 1.09 bits per heavy atom. The Labute approximate surface area is 250 Å². The summed E-state index contributed by atoms with van der Waals surface area (Å²) in [5, 5.41) is 0. The van der Waals surface area contributed by atoms with Gasteiger partial charge in [0.05, 0.1) is 24.3 Å². The van der Waals surface area contributed by atoms with Crippen LogP contribution >= 0.6 is 0 Å². The Morgan fingerprint density at radius 2 is 1.82 bits per heavy atom. The van der Waals surface area contributed by atoms with Crippen molar-refractivity contribution in [2.24, 2.45) is 0 Å². The number of hydrogen-bond acceptors (Lipinski definition) is 8. The van der Waals surface area contributed by atoms with Crippen LogP contribution in [-0.4, -0.2) is 59.5 Å². The van der Waals surface area contributed by atoms with Gasteiger partial charge >= 0.3 is 18.1 Å². The number of rotatable bonds is 7. The van der Waals surface area contributed by atoms with E-state index in [0.717, 1.165) is 4.90 Å². The zero-order valence-corrected chi connectivity index (χ0v) is 23.6. The van der Waals surface area contributed by atoms with Crippen LogP contribution in [0.5, 0.6) is 5.75 Å². The lowest BCUT2D eigenvalue weighted by Crippen LogP contribution is -2.46. The zero-order valence-electron chi connectivity index (χ0n) is 23.6. The van der Waals surface area contributed by atoms with Gasteiger partial charge in [0.25, 0.3) is 11.8 Å². The first kappa shape index (κ1) is 31.6. The van der Waals surface area contributed by atoms with E-state index in [4.69, 9.17) is 10.5 Å². The molecule has 44 heavy (non-hydrogen) atoms. The molecule has 0 fully saturated rings. The van der Waals surface area contributed by atoms with Gasteiger partial charge in [0, 0.05) is 31.3 Å². The molecule has 0 spiro atoms. The van der Waals surface area contributed by atoms with Crippen molar-refractivity contribution in [1.82, 2.24) is 9.88 Å². The lowest BCUT2D eigenvalue weighted by atomic mass is 10.0. The summed E-state index contributed by atoms with van der Waals surface area (Å²) >= 11 is 0. The molecule has 1 aliphatic rings. The molecule has 10 nitrogen and oxygen atoms in total. The second-order valence-corrected chi connectivity index (χ2v) is 9.75. The van der Waals surface area contributed by atoms with Crippen molar-refractivity contribution < 1.29 is 41.8 Å². The van der Waals surface area contributed by atoms with Gasteiger partial charge in [0.2, 0.25) is 0 Å². The normalized spacial score (nSPS) is 15.4. The van der Waals surface area contributed by atoms with Gasteiger partial charge in [-0.15, -0.1) is 0 Å². The third-order valence-corrected chi connectivity index (χ3v) is 6.67. The zero-order chi connectivity index (χ0) is 32.0. The number of ether oxygens (including phenoxy) is 2. The van der Waals surface area contributed by atoms with E-state index in [1.54, 1.807) is 54.6 Å². The standard InChI is InChI=1S/C31H27F3N4O6/c1-19(17-25(39)44-30(42)31(32,33)34)38-26(21-10-4-3-5-11-21)29(41)37(2)23-14-13-20(18-22(23)28(38)40)9-6-7-16-43-24-12-8-15-36-27(24)35/h3-5,8,10-15,18-19,26H,7,16-17H2,1-2H3,(H2,35,36). The van der Waals surface area contributed by atoms with Crippen LogP contribution in [0.15, 0.2) is 66.9 Å². The fraction of sp³-hybridized carbons (Fsp3) is 0.258. The number of likely N-dealkylation sites (N-methyl/N-ethyl adjacent to an activating group) is 1. The molecular formula is C31H27F3N4O6. The summed E-state index contributed by atoms with van der Waals surface area (Å²) in [6, 6.07) is 13.9. The van der Waals surface area contributed by atoms with Gasteiger partial charge in [0.15, 0.2) is 11.6 Å². The molecular weight excluding hydrogens is 581 g/mol. The molecule has 0 aliphatic carbocycles. The smallest absolute Gasteiger partial charge is 0.489 e. The Balaban J connectivity index is 1.63. The summed E-state index contributed by atoms with van der Waals surface area (Å²) in [5.74, 6) is 1.19. The number of carbonyl (C=O) groups is 4. The van der Waals surface area contributed by atoms with Crippen LogP contribution in [0.1, 0.15) is 47.3 Å². The van der Waals surface area contributed by atoms with E-state index in [2.05, 4.69) is 21.6 Å². The average Bonchev–Trinajstić information content (AvgIpc) is 3.06. The minimum absolute atomic E-state index is 0.0806. The lowest BCUT2D eigenvalue weighted by molar-refractivity contribution is -0.202. The predicted octanol–water partition coefficient (Wildman–Crippen LogP) is 4.06. The van der Waals surface area contributed by atoms with Crippen LogP contribution in [0.2, 0.25) is 0 Å². The minimum Gasteiger partial charge on any atom is -0.489 e. The van der Waals surface area contributed by atoms with E-state index in [-0.39, 0.29) is 23.7 Å². The van der Waals surface area contributed by atoms with Crippen molar-refractivity contribution in [3.8, 4) is 17.6 Å². The van der Waals surface area contributed by atoms with Crippen molar-refractivity contribution >= 4 is 35.3 Å². The number of fused-ring (bicyclic) bond motifs is 1. The van der Waals surface area contributed by atoms with E-state index in [9.17, 15) is 32.3 Å². The molecule has 2 aromatic carbocycles. The summed E-state index contributed by atoms with van der Waals surface area (Å²) in [6.07, 6.45) is -4.31. The maximum atomic E-state index is 14.1. The van der Waals surface area contributed by atoms with Crippen LogP contribution < -0.4 is 15.4 Å². The van der Waals surface area contributed by atoms with Crippen LogP contribution in [0.4, 0.5) is 24.7 Å². The first-order chi connectivity index (χ1) is 20.9. The molecule has 2 N–H and O–H groups in total. The highest BCUT2D eigenvalue weighted by Gasteiger charge is 2.44. The van der Waals surface area contributed by atoms with Crippen molar-refractivity contribution in [3.05, 3.63) is 83.6 Å². The number of carbonyl (C=O) groups excluding carboxylic acids is 4. The summed E-state index contributed by atoms with van der Waals surface area (Å²) in [4.78, 5) is 57.7. The molecule has 4 rings (SSSR count). The molecule has 13 heteroatoms. The number of pyridine rings is 1. The van der Waals surface area contributed by atoms with Crippen LogP contribution in [-0.2, 0) is 19.1 Å². The number of nitrogens with zero attached hydrogens (tertiary/aromatic N) is 3. The number of anilines is 2. The highest BCUT2D eigenvalue weighted by molar-refractivity contribution is 6.11. The number of alkyl halides is 3. The molecule has 2 unspecified atom stereocenters. The maximum absolute atomic E-state index is 14.1. The van der Waals surface area contributed by atoms with Gasteiger partial charge in [-0.25, -0.2) is 9.78 Å². The Bertz CT molecular complexity index is 1630. The molecule has 1 aliphatic heterocycles. The van der Waals surface area contributed by atoms with Crippen molar-refractivity contribution in [3.63, 3.8) is 0 Å². The van der Waals surface area contributed by atoms with E-state index >= 15 is 0 Å². The van der Waals surface area contributed by atoms with Crippen LogP contribution in [0.3, 0.4) is 0 Å². The molecule has 1 aromatic heterocycles. The van der Waals surface area contributed by atoms with Crippen molar-refractivity contribution in [2.45, 2.75) is 38.0 Å². The number of aromatic nitrogens is 1. The van der Waals surface area contributed by atoms with Crippen LogP contribution in [0.25, 0.3) is 0 Å². The monoisotopic (exact) mass is 608 g/mol. The number of amides is 2. The summed E-state index contributed by atoms with van der Waals surface area (Å²) in [7, 11) is 1.49. The fourth-order valence-electron chi connectivity index (χ4n) is 4.59. The van der Waals surface area contributed by atoms with Gasteiger partial charge in [-0.05, 0) is 42.8 Å². The Kier molecular flexibility index (Phi) is 9.53. The third kappa shape index (κ3) is 7.15. The van der Waals surface area contributed by atoms with E-state index in [1.807, 2.05) is 0 Å². The van der Waals surface area contributed by atoms with Gasteiger partial charge in [-0.2, -0.15) is 13.2 Å². The molecule has 0 radical (unpaired) electrons. The summed E-state index contributed by atoms with van der Waals surface area (Å²) < 4.78 is 47.5. The third-order valence-electron chi connectivity index (χ3n) is 6.67. The highest BCUT2D eigenvalue weighted by Crippen LogP contribution is 2.36. The summed E-state index contributed by atoms with van der Waals surface area (Å²) in [5.41, 5.74) is 6.96. The molecule has 3 aromatic rings. The summed E-state index contributed by atoms with van der Waals surface area (Å²) in [6.45, 7) is 1.60. The predicted molar refractivity (Wildman–Crippen MR) is 152 cm³/mol. The molecule has 2 atom stereocenters. The fourth-order valence-corrected chi connectivity index (χ4v) is 4.59. The average molecular weight is 609 g/mol. The van der Waals surface area contributed by atoms with E-state index < -0.39 is 48.4 Å². The SMILES string of the molecule is CC(CC(=O)OC(=O)C(F)(F)F)N1C(=O)c2cc(C#CCCOc3cccnc3N)ccc2N(C)C(=O)C1c1ccccc1. The lowest BCUT2D eigenvalue weighted by Gasteiger charge is -2.34. The molecule has 0 saturated carbocycles. The topological polar surface area (TPSA) is 132 Å². The second-order valence-electron chi connectivity index (χ2n) is 9.75. The largest absolute Gasteiger partial charge is 0.491 e. The highest BCUT2D eigenvalue weighted by atomic mass is 19.4. The molecule has 2 amide bonds. The second kappa shape index (κ2) is 13.3. The van der Waals surface area contributed by atoms with E-state index in [1.165, 1.54) is 31.1 Å². The number of nitrogens with two attached hydrogens (primary N) is 1. The number of halogens is 3. The van der Waals surface area contributed by atoms with E-state index in [0.29, 0.717) is 23.3 Å². The van der Waals surface area contributed by atoms with Gasteiger partial charge in [-0.3, -0.25) is 14.4 Å². The first-order valence-corrected chi connectivity index (χ1v) is 13.3. The minimum atomic E-state index is -5.38. The number of hydrogen-bond donors (Lipinski definition) is 1. The van der Waals surface area contributed by atoms with Gasteiger partial charge < -0.3 is 25.0 Å². The number of nitrogen functional groups attached to an aromatic ring is 1. The van der Waals surface area contributed by atoms with Gasteiger partial charge in [0.1, 0.15) is 6.04 Å². The maximum Gasteiger partial charge on any atom is 0.491 e. The number of benzene rings is 2. The van der Waals surface area contributed by atoms with Crippen molar-refractivity contribution in [1.29, 1.82) is 0 Å². The Hall–Kier alpha value is -5.38. The molecule has 0 saturated heterocycles. The Morgan fingerprint density at radius 3 is 2.50 bits per heavy atom. The molecule has 2 heterocycles. The molecule has 228 valence electrons. The quantitative estimate of drug-likeness (QED) is 0.184. The first-order valence-electron chi connectivity index (χ1n) is 13.3. The number of esters is 2.